The van der Waals surface area contributed by atoms with Crippen LogP contribution in [0.25, 0.3) is 0 Å². The maximum atomic E-state index is 2.33. The van der Waals surface area contributed by atoms with Crippen molar-refractivity contribution in [3.63, 3.8) is 0 Å². The van der Waals surface area contributed by atoms with Crippen molar-refractivity contribution in [2.75, 3.05) is 0 Å². The third-order valence-electron chi connectivity index (χ3n) is 5.90. The fourth-order valence-corrected chi connectivity index (χ4v) is 11.3. The summed E-state index contributed by atoms with van der Waals surface area (Å²) in [4.78, 5) is 0. The summed E-state index contributed by atoms with van der Waals surface area (Å²) in [5, 5.41) is 5.13. The predicted molar refractivity (Wildman–Crippen MR) is 122 cm³/mol. The van der Waals surface area contributed by atoms with Crippen molar-refractivity contribution in [3.8, 4) is 0 Å². The molecule has 0 bridgehead atoms. The molecule has 0 fully saturated rings. The normalized spacial score (nSPS) is 11.5. The Morgan fingerprint density at radius 2 is 0.560 bits per heavy atom. The van der Waals surface area contributed by atoms with Crippen molar-refractivity contribution in [2.24, 2.45) is 0 Å². The molecular weight excluding hydrogens is 361 g/mol. The third-order valence-corrected chi connectivity index (χ3v) is 13.6. The van der Waals surface area contributed by atoms with Crippen LogP contribution in [0.3, 0.4) is 0 Å². The molecule has 25 heavy (non-hydrogen) atoms. The van der Waals surface area contributed by atoms with Gasteiger partial charge in [0.1, 0.15) is 0 Å². The van der Waals surface area contributed by atoms with Crippen LogP contribution in [-0.4, -0.2) is 14.3 Å². The molecule has 0 N–H and O–H groups in total. The minimum absolute atomic E-state index is 0.920. The summed E-state index contributed by atoms with van der Waals surface area (Å²) >= 11 is -0.920. The molecule has 0 nitrogen and oxygen atoms in total. The first-order chi connectivity index (χ1) is 12.3. The van der Waals surface area contributed by atoms with Gasteiger partial charge in [0.15, 0.2) is 0 Å². The van der Waals surface area contributed by atoms with E-state index in [1.54, 1.807) is 35.0 Å². The van der Waals surface area contributed by atoms with E-state index in [9.17, 15) is 0 Å². The summed E-state index contributed by atoms with van der Waals surface area (Å²) in [6, 6.07) is 0. The van der Waals surface area contributed by atoms with E-state index >= 15 is 0 Å². The van der Waals surface area contributed by atoms with Crippen molar-refractivity contribution in [1.82, 2.24) is 0 Å². The van der Waals surface area contributed by atoms with E-state index in [1.807, 2.05) is 0 Å². The van der Waals surface area contributed by atoms with Crippen LogP contribution in [0.5, 0.6) is 0 Å². The van der Waals surface area contributed by atoms with Crippen LogP contribution in [0.15, 0.2) is 0 Å². The molecule has 0 heterocycles. The van der Waals surface area contributed by atoms with Crippen LogP contribution in [-0.2, 0) is 0 Å². The van der Waals surface area contributed by atoms with Crippen molar-refractivity contribution in [2.45, 2.75) is 152 Å². The van der Waals surface area contributed by atoms with E-state index in [1.165, 1.54) is 96.3 Å². The second-order valence-electron chi connectivity index (χ2n) is 8.54. The molecule has 0 amide bonds. The molecule has 0 atom stereocenters. The molecule has 0 unspecified atom stereocenters. The van der Waals surface area contributed by atoms with Crippen molar-refractivity contribution < 1.29 is 0 Å². The second kappa shape index (κ2) is 22.6. The zero-order chi connectivity index (χ0) is 18.4. The van der Waals surface area contributed by atoms with Gasteiger partial charge in [0.2, 0.25) is 0 Å². The SMILES string of the molecule is CCCCCCC[CH2][GeH]([CH2]CCCCCCC)[CH2]CCCCCCC. The van der Waals surface area contributed by atoms with Crippen LogP contribution >= 0.6 is 0 Å². The molecule has 0 saturated carbocycles. The Kier molecular flexibility index (Phi) is 23.1. The molecule has 0 spiro atoms. The zero-order valence-corrected chi connectivity index (χ0v) is 20.8. The van der Waals surface area contributed by atoms with Crippen LogP contribution < -0.4 is 0 Å². The first kappa shape index (κ1) is 25.5. The summed E-state index contributed by atoms with van der Waals surface area (Å²) < 4.78 is 0. The molecule has 152 valence electrons. The molecule has 0 aromatic heterocycles. The van der Waals surface area contributed by atoms with Gasteiger partial charge in [0.05, 0.1) is 0 Å². The fourth-order valence-electron chi connectivity index (χ4n) is 4.07. The summed E-state index contributed by atoms with van der Waals surface area (Å²) in [5.74, 6) is 0. The van der Waals surface area contributed by atoms with Crippen LogP contribution in [0.4, 0.5) is 0 Å². The molecule has 0 saturated heterocycles. The summed E-state index contributed by atoms with van der Waals surface area (Å²) in [6.07, 6.45) is 26.9. The van der Waals surface area contributed by atoms with Gasteiger partial charge < -0.3 is 0 Å². The number of rotatable bonds is 21. The van der Waals surface area contributed by atoms with Crippen molar-refractivity contribution in [3.05, 3.63) is 0 Å². The first-order valence-corrected chi connectivity index (χ1v) is 17.5. The molecule has 0 aromatic carbocycles. The van der Waals surface area contributed by atoms with Gasteiger partial charge in [-0.3, -0.25) is 0 Å². The average molecular weight is 413 g/mol. The Morgan fingerprint density at radius 1 is 0.320 bits per heavy atom. The van der Waals surface area contributed by atoms with Crippen molar-refractivity contribution in [1.29, 1.82) is 0 Å². The van der Waals surface area contributed by atoms with Gasteiger partial charge in [-0.25, -0.2) is 0 Å². The summed E-state index contributed by atoms with van der Waals surface area (Å²) in [7, 11) is 0. The monoisotopic (exact) mass is 414 g/mol. The van der Waals surface area contributed by atoms with E-state index in [-0.39, 0.29) is 0 Å². The third kappa shape index (κ3) is 20.7. The molecule has 0 radical (unpaired) electrons. The van der Waals surface area contributed by atoms with Gasteiger partial charge in [0, 0.05) is 0 Å². The van der Waals surface area contributed by atoms with E-state index < -0.39 is 14.3 Å². The standard InChI is InChI=1S/C24H52Ge/c1-4-7-10-13-16-19-22-25(23-20-17-14-11-8-5-2)24-21-18-15-12-9-6-3/h25H,4-24H2,1-3H3. The molecule has 0 aliphatic carbocycles. The Bertz CT molecular complexity index is 188. The Hall–Kier alpha value is 0.543. The van der Waals surface area contributed by atoms with Gasteiger partial charge in [-0.1, -0.05) is 0 Å². The molecule has 0 rings (SSSR count). The fraction of sp³-hybridized carbons (Fsp3) is 1.00. The van der Waals surface area contributed by atoms with Crippen LogP contribution in [0.2, 0.25) is 15.8 Å². The minimum atomic E-state index is -0.920. The van der Waals surface area contributed by atoms with Crippen LogP contribution in [0.1, 0.15) is 136 Å². The van der Waals surface area contributed by atoms with Gasteiger partial charge in [-0.2, -0.15) is 0 Å². The van der Waals surface area contributed by atoms with Crippen LogP contribution in [0, 0.1) is 0 Å². The number of hydrogen-bond acceptors (Lipinski definition) is 0. The maximum absolute atomic E-state index is 2.33. The van der Waals surface area contributed by atoms with E-state index in [0.29, 0.717) is 0 Å². The van der Waals surface area contributed by atoms with E-state index in [0.717, 1.165) is 0 Å². The first-order valence-electron chi connectivity index (χ1n) is 12.3. The van der Waals surface area contributed by atoms with E-state index in [2.05, 4.69) is 20.8 Å². The van der Waals surface area contributed by atoms with Gasteiger partial charge in [0.25, 0.3) is 0 Å². The Balaban J connectivity index is 3.76. The number of unbranched alkanes of at least 4 members (excludes halogenated alkanes) is 15. The van der Waals surface area contributed by atoms with Crippen molar-refractivity contribution >= 4 is 14.3 Å². The van der Waals surface area contributed by atoms with Gasteiger partial charge in [-0.05, 0) is 0 Å². The zero-order valence-electron chi connectivity index (χ0n) is 18.4. The van der Waals surface area contributed by atoms with E-state index in [4.69, 9.17) is 0 Å². The molecule has 0 aromatic rings. The second-order valence-corrected chi connectivity index (χ2v) is 15.8. The molecular formula is C24H52Ge. The Labute approximate surface area is 166 Å². The molecule has 1 heteroatoms. The predicted octanol–water partition coefficient (Wildman–Crippen LogP) is 9.29. The summed E-state index contributed by atoms with van der Waals surface area (Å²) in [5.41, 5.74) is 0. The summed E-state index contributed by atoms with van der Waals surface area (Å²) in [6.45, 7) is 6.98. The number of hydrogen-bond donors (Lipinski definition) is 0. The quantitative estimate of drug-likeness (QED) is 0.130. The molecule has 0 aliphatic rings. The molecule has 0 aliphatic heterocycles. The average Bonchev–Trinajstić information content (AvgIpc) is 2.63. The Morgan fingerprint density at radius 3 is 0.840 bits per heavy atom. The topological polar surface area (TPSA) is 0 Å². The van der Waals surface area contributed by atoms with Gasteiger partial charge in [-0.15, -0.1) is 0 Å². The van der Waals surface area contributed by atoms with Gasteiger partial charge >= 0.3 is 166 Å².